The maximum absolute atomic E-state index is 13.6. The first-order chi connectivity index (χ1) is 20.5. The zero-order chi connectivity index (χ0) is 31.6. The summed E-state index contributed by atoms with van der Waals surface area (Å²) in [5, 5.41) is 2.82. The number of amides is 1. The zero-order valence-electron chi connectivity index (χ0n) is 25.5. The van der Waals surface area contributed by atoms with Crippen LogP contribution < -0.4 is 15.5 Å². The van der Waals surface area contributed by atoms with E-state index in [2.05, 4.69) is 5.32 Å². The summed E-state index contributed by atoms with van der Waals surface area (Å²) >= 11 is 0. The van der Waals surface area contributed by atoms with Crippen molar-refractivity contribution < 1.29 is 33.3 Å². The first-order valence-corrected chi connectivity index (χ1v) is 14.2. The lowest BCUT2D eigenvalue weighted by atomic mass is 9.84. The van der Waals surface area contributed by atoms with Crippen LogP contribution >= 0.6 is 0 Å². The van der Waals surface area contributed by atoms with Gasteiger partial charge in [0, 0.05) is 18.7 Å². The van der Waals surface area contributed by atoms with Crippen molar-refractivity contribution in [3.8, 4) is 5.75 Å². The molecule has 0 saturated carbocycles. The third-order valence-corrected chi connectivity index (χ3v) is 6.63. The van der Waals surface area contributed by atoms with Crippen molar-refractivity contribution in [3.05, 3.63) is 99.5 Å². The summed E-state index contributed by atoms with van der Waals surface area (Å²) in [6.45, 7) is 7.27. The third-order valence-electron chi connectivity index (χ3n) is 6.63. The number of hydrogen-bond donors (Lipinski definition) is 1. The van der Waals surface area contributed by atoms with Crippen molar-refractivity contribution in [3.63, 3.8) is 0 Å². The van der Waals surface area contributed by atoms with E-state index in [9.17, 15) is 19.2 Å². The Labute approximate surface area is 251 Å². The molecule has 10 heteroatoms. The number of ether oxygens (including phenoxy) is 4. The number of methoxy groups -OCH3 is 2. The molecule has 1 aromatic heterocycles. The number of nitrogens with one attached hydrogen (secondary N) is 1. The Bertz CT molecular complexity index is 1410. The number of carbonyl (C=O) groups excluding carboxylic acids is 3. The Kier molecular flexibility index (Phi) is 11.5. The van der Waals surface area contributed by atoms with Crippen LogP contribution in [0.3, 0.4) is 0 Å². The number of unbranched alkanes of at least 4 members (excludes halogenated alkanes) is 1. The van der Waals surface area contributed by atoms with Gasteiger partial charge < -0.3 is 28.8 Å². The number of pyridine rings is 1. The fourth-order valence-corrected chi connectivity index (χ4v) is 4.71. The second-order valence-corrected chi connectivity index (χ2v) is 10.9. The SMILES string of the molecule is CCCCOc1c(C(=O)OC)n([C@H](CNC(=O)OC(C)(C)C)C(c2ccccc2)c2ccccc2)cc(C(=O)OC)c1=O. The minimum Gasteiger partial charge on any atom is -0.487 e. The Morgan fingerprint density at radius 3 is 1.93 bits per heavy atom. The van der Waals surface area contributed by atoms with Crippen molar-refractivity contribution in [2.24, 2.45) is 0 Å². The summed E-state index contributed by atoms with van der Waals surface area (Å²) in [4.78, 5) is 52.8. The summed E-state index contributed by atoms with van der Waals surface area (Å²) in [5.41, 5.74) is -0.369. The molecular weight excluding hydrogens is 552 g/mol. The number of alkyl carbamates (subject to hydrolysis) is 1. The average molecular weight is 593 g/mol. The van der Waals surface area contributed by atoms with E-state index in [4.69, 9.17) is 18.9 Å². The molecule has 1 heterocycles. The number of nitrogens with zero attached hydrogens (tertiary/aromatic N) is 1. The molecule has 1 N–H and O–H groups in total. The standard InChI is InChI=1S/C33H40N2O8/c1-7-8-19-42-29-27(31(38)41-6)35(21-24(28(29)36)30(37)40-5)25(20-34-32(39)43-33(2,3)4)26(22-15-11-9-12-16-22)23-17-13-10-14-18-23/h9-18,21,25-26H,7-8,19-20H2,1-6H3,(H,34,39)/t25-/m1/s1. The first kappa shape index (κ1) is 32.9. The van der Waals surface area contributed by atoms with Crippen molar-refractivity contribution in [2.45, 2.75) is 58.1 Å². The van der Waals surface area contributed by atoms with Crippen LogP contribution in [-0.4, -0.2) is 55.6 Å². The Morgan fingerprint density at radius 2 is 1.44 bits per heavy atom. The monoisotopic (exact) mass is 592 g/mol. The van der Waals surface area contributed by atoms with Crippen LogP contribution in [0, 0.1) is 0 Å². The van der Waals surface area contributed by atoms with Crippen LogP contribution in [0.5, 0.6) is 5.75 Å². The molecule has 0 radical (unpaired) electrons. The van der Waals surface area contributed by atoms with Gasteiger partial charge in [0.1, 0.15) is 11.2 Å². The van der Waals surface area contributed by atoms with E-state index in [1.165, 1.54) is 17.9 Å². The van der Waals surface area contributed by atoms with Crippen molar-refractivity contribution in [2.75, 3.05) is 27.4 Å². The summed E-state index contributed by atoms with van der Waals surface area (Å²) < 4.78 is 22.9. The van der Waals surface area contributed by atoms with Crippen LogP contribution in [-0.2, 0) is 14.2 Å². The summed E-state index contributed by atoms with van der Waals surface area (Å²) in [7, 11) is 2.36. The molecule has 0 spiro atoms. The minimum atomic E-state index is -0.898. The number of rotatable bonds is 12. The molecule has 1 atom stereocenters. The average Bonchev–Trinajstić information content (AvgIpc) is 2.99. The molecule has 0 fully saturated rings. The van der Waals surface area contributed by atoms with Gasteiger partial charge in [0.15, 0.2) is 11.4 Å². The van der Waals surface area contributed by atoms with Crippen LogP contribution in [0.25, 0.3) is 0 Å². The van der Waals surface area contributed by atoms with Gasteiger partial charge in [-0.1, -0.05) is 74.0 Å². The van der Waals surface area contributed by atoms with Gasteiger partial charge in [0.25, 0.3) is 0 Å². The lowest BCUT2D eigenvalue weighted by Gasteiger charge is -2.33. The van der Waals surface area contributed by atoms with Crippen LogP contribution in [0.2, 0.25) is 0 Å². The van der Waals surface area contributed by atoms with E-state index in [1.54, 1.807) is 20.8 Å². The molecule has 43 heavy (non-hydrogen) atoms. The molecule has 3 aromatic rings. The molecule has 0 aliphatic heterocycles. The van der Waals surface area contributed by atoms with E-state index in [0.29, 0.717) is 6.42 Å². The number of esters is 2. The molecular formula is C33H40N2O8. The molecule has 0 unspecified atom stereocenters. The highest BCUT2D eigenvalue weighted by Crippen LogP contribution is 2.37. The highest BCUT2D eigenvalue weighted by molar-refractivity contribution is 5.94. The predicted octanol–water partition coefficient (Wildman–Crippen LogP) is 5.50. The van der Waals surface area contributed by atoms with E-state index in [1.807, 2.05) is 67.6 Å². The number of aromatic nitrogens is 1. The molecule has 0 bridgehead atoms. The fourth-order valence-electron chi connectivity index (χ4n) is 4.71. The number of benzene rings is 2. The molecule has 230 valence electrons. The van der Waals surface area contributed by atoms with Gasteiger partial charge in [0.2, 0.25) is 5.43 Å². The molecule has 3 rings (SSSR count). The highest BCUT2D eigenvalue weighted by Gasteiger charge is 2.35. The lowest BCUT2D eigenvalue weighted by Crippen LogP contribution is -2.39. The predicted molar refractivity (Wildman–Crippen MR) is 162 cm³/mol. The quantitative estimate of drug-likeness (QED) is 0.166. The maximum Gasteiger partial charge on any atom is 0.407 e. The van der Waals surface area contributed by atoms with Crippen molar-refractivity contribution in [1.82, 2.24) is 9.88 Å². The first-order valence-electron chi connectivity index (χ1n) is 14.2. The normalized spacial score (nSPS) is 11.9. The Morgan fingerprint density at radius 1 is 0.884 bits per heavy atom. The fraction of sp³-hybridized carbons (Fsp3) is 0.394. The largest absolute Gasteiger partial charge is 0.487 e. The molecule has 0 aliphatic rings. The summed E-state index contributed by atoms with van der Waals surface area (Å²) in [5.74, 6) is -2.56. The molecule has 1 amide bonds. The summed E-state index contributed by atoms with van der Waals surface area (Å²) in [6.07, 6.45) is 1.96. The zero-order valence-corrected chi connectivity index (χ0v) is 25.5. The highest BCUT2D eigenvalue weighted by atomic mass is 16.6. The maximum atomic E-state index is 13.6. The smallest absolute Gasteiger partial charge is 0.407 e. The second kappa shape index (κ2) is 15.0. The van der Waals surface area contributed by atoms with Gasteiger partial charge in [-0.05, 0) is 38.3 Å². The van der Waals surface area contributed by atoms with Gasteiger partial charge in [-0.15, -0.1) is 0 Å². The topological polar surface area (TPSA) is 122 Å². The number of carbonyl (C=O) groups is 3. The van der Waals surface area contributed by atoms with Crippen molar-refractivity contribution in [1.29, 1.82) is 0 Å². The van der Waals surface area contributed by atoms with E-state index in [-0.39, 0.29) is 30.2 Å². The van der Waals surface area contributed by atoms with Gasteiger partial charge in [0.05, 0.1) is 26.9 Å². The van der Waals surface area contributed by atoms with Gasteiger partial charge in [-0.2, -0.15) is 0 Å². The van der Waals surface area contributed by atoms with Gasteiger partial charge >= 0.3 is 18.0 Å². The van der Waals surface area contributed by atoms with E-state index in [0.717, 1.165) is 24.7 Å². The van der Waals surface area contributed by atoms with Crippen LogP contribution in [0.1, 0.15) is 84.5 Å². The molecule has 0 aliphatic carbocycles. The molecule has 10 nitrogen and oxygen atoms in total. The molecule has 0 saturated heterocycles. The van der Waals surface area contributed by atoms with Gasteiger partial charge in [-0.3, -0.25) is 4.79 Å². The van der Waals surface area contributed by atoms with Crippen molar-refractivity contribution >= 4 is 18.0 Å². The van der Waals surface area contributed by atoms with Crippen LogP contribution in [0.4, 0.5) is 4.79 Å². The number of hydrogen-bond acceptors (Lipinski definition) is 8. The third kappa shape index (κ3) is 8.47. The Hall–Kier alpha value is -4.60. The summed E-state index contributed by atoms with van der Waals surface area (Å²) in [6, 6.07) is 18.2. The van der Waals surface area contributed by atoms with Gasteiger partial charge in [-0.25, -0.2) is 14.4 Å². The van der Waals surface area contributed by atoms with E-state index < -0.39 is 41.0 Å². The molecule has 2 aromatic carbocycles. The lowest BCUT2D eigenvalue weighted by molar-refractivity contribution is 0.0514. The second-order valence-electron chi connectivity index (χ2n) is 10.9. The van der Waals surface area contributed by atoms with E-state index >= 15 is 0 Å². The minimum absolute atomic E-state index is 0.0642. The Balaban J connectivity index is 2.38. The van der Waals surface area contributed by atoms with Crippen LogP contribution in [0.15, 0.2) is 71.7 Å².